The number of anilines is 1. The van der Waals surface area contributed by atoms with E-state index in [0.29, 0.717) is 22.7 Å². The van der Waals surface area contributed by atoms with E-state index >= 15 is 0 Å². The average molecular weight is 285 g/mol. The van der Waals surface area contributed by atoms with E-state index in [-0.39, 0.29) is 12.0 Å². The van der Waals surface area contributed by atoms with E-state index in [0.717, 1.165) is 0 Å². The van der Waals surface area contributed by atoms with Crippen LogP contribution in [0.1, 0.15) is 24.2 Å². The molecule has 2 aromatic carbocycles. The van der Waals surface area contributed by atoms with E-state index < -0.39 is 0 Å². The van der Waals surface area contributed by atoms with Crippen molar-refractivity contribution in [3.05, 3.63) is 54.1 Å². The molecule has 0 aliphatic carbocycles. The van der Waals surface area contributed by atoms with Crippen molar-refractivity contribution in [1.29, 1.82) is 0 Å². The smallest absolute Gasteiger partial charge is 0.255 e. The Bertz CT molecular complexity index is 623. The molecule has 0 spiro atoms. The number of para-hydroxylation sites is 2. The predicted octanol–water partition coefficient (Wildman–Crippen LogP) is 3.73. The van der Waals surface area contributed by atoms with Crippen molar-refractivity contribution in [3.63, 3.8) is 0 Å². The van der Waals surface area contributed by atoms with Gasteiger partial charge in [0.15, 0.2) is 0 Å². The fraction of sp³-hybridized carbons (Fsp3) is 0.235. The third-order valence-corrected chi connectivity index (χ3v) is 2.83. The summed E-state index contributed by atoms with van der Waals surface area (Å²) < 4.78 is 10.8. The lowest BCUT2D eigenvalue weighted by Gasteiger charge is -2.15. The summed E-state index contributed by atoms with van der Waals surface area (Å²) in [6.07, 6.45) is 0.0415. The molecule has 0 saturated carbocycles. The zero-order chi connectivity index (χ0) is 15.2. The number of nitrogens with one attached hydrogen (secondary N) is 1. The maximum absolute atomic E-state index is 12.3. The van der Waals surface area contributed by atoms with Gasteiger partial charge in [0.25, 0.3) is 5.91 Å². The first-order valence-electron chi connectivity index (χ1n) is 6.81. The molecule has 0 aliphatic heterocycles. The normalized spacial score (nSPS) is 10.3. The highest BCUT2D eigenvalue weighted by Gasteiger charge is 2.11. The van der Waals surface area contributed by atoms with Gasteiger partial charge in [-0.25, -0.2) is 0 Å². The molecule has 0 unspecified atom stereocenters. The first-order valence-corrected chi connectivity index (χ1v) is 6.81. The van der Waals surface area contributed by atoms with Crippen molar-refractivity contribution in [2.24, 2.45) is 0 Å². The second kappa shape index (κ2) is 6.79. The largest absolute Gasteiger partial charge is 0.497 e. The van der Waals surface area contributed by atoms with E-state index in [2.05, 4.69) is 5.32 Å². The van der Waals surface area contributed by atoms with Crippen molar-refractivity contribution < 1.29 is 14.3 Å². The minimum Gasteiger partial charge on any atom is -0.497 e. The maximum atomic E-state index is 12.3. The molecule has 4 nitrogen and oxygen atoms in total. The van der Waals surface area contributed by atoms with Gasteiger partial charge in [0, 0.05) is 5.56 Å². The number of hydrogen-bond donors (Lipinski definition) is 1. The molecule has 21 heavy (non-hydrogen) atoms. The summed E-state index contributed by atoms with van der Waals surface area (Å²) in [7, 11) is 1.57. The predicted molar refractivity (Wildman–Crippen MR) is 83.2 cm³/mol. The van der Waals surface area contributed by atoms with Crippen LogP contribution in [0.3, 0.4) is 0 Å². The Hall–Kier alpha value is -2.49. The molecule has 0 radical (unpaired) electrons. The van der Waals surface area contributed by atoms with Crippen molar-refractivity contribution in [2.75, 3.05) is 12.4 Å². The summed E-state index contributed by atoms with van der Waals surface area (Å²) >= 11 is 0. The number of hydrogen-bond acceptors (Lipinski definition) is 3. The molecular formula is C17H19NO3. The van der Waals surface area contributed by atoms with E-state index in [4.69, 9.17) is 9.47 Å². The monoisotopic (exact) mass is 285 g/mol. The summed E-state index contributed by atoms with van der Waals surface area (Å²) in [6, 6.07) is 14.4. The van der Waals surface area contributed by atoms with Gasteiger partial charge in [0.1, 0.15) is 11.5 Å². The van der Waals surface area contributed by atoms with Crippen molar-refractivity contribution in [2.45, 2.75) is 20.0 Å². The number of rotatable bonds is 5. The molecule has 0 bridgehead atoms. The van der Waals surface area contributed by atoms with Gasteiger partial charge >= 0.3 is 0 Å². The molecule has 0 fully saturated rings. The summed E-state index contributed by atoms with van der Waals surface area (Å²) in [4.78, 5) is 12.3. The van der Waals surface area contributed by atoms with E-state index in [1.807, 2.05) is 38.1 Å². The highest BCUT2D eigenvalue weighted by Crippen LogP contribution is 2.25. The molecule has 1 N–H and O–H groups in total. The molecule has 2 rings (SSSR count). The second-order valence-electron chi connectivity index (χ2n) is 4.85. The number of ether oxygens (including phenoxy) is 2. The number of benzene rings is 2. The first-order chi connectivity index (χ1) is 10.1. The number of amides is 1. The van der Waals surface area contributed by atoms with E-state index in [1.165, 1.54) is 0 Å². The molecule has 0 saturated heterocycles. The molecule has 0 atom stereocenters. The Balaban J connectivity index is 2.19. The molecule has 110 valence electrons. The van der Waals surface area contributed by atoms with Crippen LogP contribution >= 0.6 is 0 Å². The molecule has 0 aliphatic rings. The number of carbonyl (C=O) groups is 1. The topological polar surface area (TPSA) is 47.6 Å². The quantitative estimate of drug-likeness (QED) is 0.910. The summed E-state index contributed by atoms with van der Waals surface area (Å²) in [5, 5.41) is 2.86. The van der Waals surface area contributed by atoms with Gasteiger partial charge in [-0.3, -0.25) is 4.79 Å². The second-order valence-corrected chi connectivity index (χ2v) is 4.85. The van der Waals surface area contributed by atoms with Crippen LogP contribution in [0, 0.1) is 0 Å². The van der Waals surface area contributed by atoms with Gasteiger partial charge in [0.05, 0.1) is 18.9 Å². The Morgan fingerprint density at radius 3 is 2.57 bits per heavy atom. The molecule has 1 amide bonds. The summed E-state index contributed by atoms with van der Waals surface area (Å²) in [6.45, 7) is 3.89. The van der Waals surface area contributed by atoms with Gasteiger partial charge in [0.2, 0.25) is 0 Å². The fourth-order valence-corrected chi connectivity index (χ4v) is 1.89. The van der Waals surface area contributed by atoms with Gasteiger partial charge in [-0.1, -0.05) is 18.2 Å². The van der Waals surface area contributed by atoms with E-state index in [9.17, 15) is 4.79 Å². The maximum Gasteiger partial charge on any atom is 0.255 e. The van der Waals surface area contributed by atoms with Crippen LogP contribution < -0.4 is 14.8 Å². The lowest BCUT2D eigenvalue weighted by Crippen LogP contribution is -2.14. The third-order valence-electron chi connectivity index (χ3n) is 2.83. The van der Waals surface area contributed by atoms with Gasteiger partial charge in [-0.15, -0.1) is 0 Å². The lowest BCUT2D eigenvalue weighted by atomic mass is 10.2. The molecule has 2 aromatic rings. The van der Waals surface area contributed by atoms with Crippen LogP contribution in [-0.4, -0.2) is 19.1 Å². The van der Waals surface area contributed by atoms with Crippen molar-refractivity contribution in [1.82, 2.24) is 0 Å². The summed E-state index contributed by atoms with van der Waals surface area (Å²) in [5.41, 5.74) is 1.19. The zero-order valence-corrected chi connectivity index (χ0v) is 12.4. The van der Waals surface area contributed by atoms with Crippen LogP contribution in [-0.2, 0) is 0 Å². The minimum absolute atomic E-state index is 0.0415. The number of methoxy groups -OCH3 is 1. The molecule has 0 aromatic heterocycles. The minimum atomic E-state index is -0.200. The van der Waals surface area contributed by atoms with Crippen LogP contribution in [0.2, 0.25) is 0 Å². The van der Waals surface area contributed by atoms with Gasteiger partial charge < -0.3 is 14.8 Å². The third kappa shape index (κ3) is 3.99. The van der Waals surface area contributed by atoms with Gasteiger partial charge in [-0.2, -0.15) is 0 Å². The van der Waals surface area contributed by atoms with E-state index in [1.54, 1.807) is 31.4 Å². The standard InChI is InChI=1S/C17H19NO3/c1-12(2)21-16-10-5-4-9-15(16)18-17(19)13-7-6-8-14(11-13)20-3/h4-12H,1-3H3,(H,18,19). The highest BCUT2D eigenvalue weighted by molar-refractivity contribution is 6.05. The first kappa shape index (κ1) is 14.9. The zero-order valence-electron chi connectivity index (χ0n) is 12.4. The molecule has 0 heterocycles. The van der Waals surface area contributed by atoms with Crippen LogP contribution in [0.15, 0.2) is 48.5 Å². The van der Waals surface area contributed by atoms with Crippen LogP contribution in [0.25, 0.3) is 0 Å². The van der Waals surface area contributed by atoms with Crippen molar-refractivity contribution in [3.8, 4) is 11.5 Å². The molecule has 4 heteroatoms. The van der Waals surface area contributed by atoms with Crippen LogP contribution in [0.5, 0.6) is 11.5 Å². The highest BCUT2D eigenvalue weighted by atomic mass is 16.5. The molecular weight excluding hydrogens is 266 g/mol. The lowest BCUT2D eigenvalue weighted by molar-refractivity contribution is 0.102. The van der Waals surface area contributed by atoms with Crippen LogP contribution in [0.4, 0.5) is 5.69 Å². The Morgan fingerprint density at radius 1 is 1.10 bits per heavy atom. The SMILES string of the molecule is COc1cccc(C(=O)Nc2ccccc2OC(C)C)c1. The Labute approximate surface area is 124 Å². The Kier molecular flexibility index (Phi) is 4.82. The fourth-order valence-electron chi connectivity index (χ4n) is 1.89. The number of carbonyl (C=O) groups excluding carboxylic acids is 1. The average Bonchev–Trinajstić information content (AvgIpc) is 2.48. The Morgan fingerprint density at radius 2 is 1.86 bits per heavy atom. The van der Waals surface area contributed by atoms with Gasteiger partial charge in [-0.05, 0) is 44.2 Å². The van der Waals surface area contributed by atoms with Crippen molar-refractivity contribution >= 4 is 11.6 Å². The summed E-state index contributed by atoms with van der Waals surface area (Å²) in [5.74, 6) is 1.10.